The number of benzene rings is 1. The number of aromatic nitrogens is 4. The average molecular weight is 264 g/mol. The van der Waals surface area contributed by atoms with Crippen molar-refractivity contribution in [3.05, 3.63) is 42.2 Å². The average Bonchev–Trinajstić information content (AvgIpc) is 2.93. The Morgan fingerprint density at radius 2 is 1.85 bits per heavy atom. The van der Waals surface area contributed by atoms with E-state index in [1.807, 2.05) is 22.7 Å². The summed E-state index contributed by atoms with van der Waals surface area (Å²) in [5.74, 6) is 0.754. The molecule has 0 fully saturated rings. The molecule has 1 N–H and O–H groups in total. The first-order chi connectivity index (χ1) is 9.54. The number of nitrogens with one attached hydrogen (secondary N) is 1. The van der Waals surface area contributed by atoms with Gasteiger partial charge < -0.3 is 4.98 Å². The number of H-pyrrole nitrogens is 1. The summed E-state index contributed by atoms with van der Waals surface area (Å²) in [5, 5.41) is 1.14. The van der Waals surface area contributed by atoms with Crippen molar-refractivity contribution in [2.45, 2.75) is 26.2 Å². The first kappa shape index (κ1) is 11.5. The van der Waals surface area contributed by atoms with Crippen LogP contribution in [0.15, 0.2) is 36.5 Å². The topological polar surface area (TPSA) is 46.0 Å². The van der Waals surface area contributed by atoms with Crippen LogP contribution in [0.1, 0.15) is 26.5 Å². The molecule has 0 amide bonds. The summed E-state index contributed by atoms with van der Waals surface area (Å²) in [6.45, 7) is 6.49. The van der Waals surface area contributed by atoms with E-state index in [4.69, 9.17) is 9.97 Å². The van der Waals surface area contributed by atoms with E-state index < -0.39 is 0 Å². The molecule has 0 saturated carbocycles. The molecule has 1 aromatic carbocycles. The van der Waals surface area contributed by atoms with Crippen molar-refractivity contribution >= 4 is 27.8 Å². The maximum Gasteiger partial charge on any atom is 0.236 e. The van der Waals surface area contributed by atoms with Gasteiger partial charge in [-0.1, -0.05) is 39.0 Å². The maximum absolute atomic E-state index is 4.70. The van der Waals surface area contributed by atoms with E-state index in [1.165, 1.54) is 0 Å². The van der Waals surface area contributed by atoms with Gasteiger partial charge >= 0.3 is 0 Å². The first-order valence-electron chi connectivity index (χ1n) is 6.80. The van der Waals surface area contributed by atoms with Crippen LogP contribution in [-0.2, 0) is 5.41 Å². The fraction of sp³-hybridized carbons (Fsp3) is 0.250. The third-order valence-electron chi connectivity index (χ3n) is 3.70. The zero-order chi connectivity index (χ0) is 13.9. The molecule has 0 radical (unpaired) electrons. The van der Waals surface area contributed by atoms with Crippen LogP contribution < -0.4 is 0 Å². The molecule has 0 unspecified atom stereocenters. The summed E-state index contributed by atoms with van der Waals surface area (Å²) in [6.07, 6.45) is 2.05. The van der Waals surface area contributed by atoms with Crippen molar-refractivity contribution in [2.24, 2.45) is 0 Å². The van der Waals surface area contributed by atoms with Gasteiger partial charge in [0.2, 0.25) is 5.78 Å². The largest absolute Gasteiger partial charge is 0.339 e. The number of aromatic amines is 1. The number of hydrogen-bond acceptors (Lipinski definition) is 2. The van der Waals surface area contributed by atoms with Gasteiger partial charge in [0.25, 0.3) is 0 Å². The summed E-state index contributed by atoms with van der Waals surface area (Å²) < 4.78 is 2.02. The van der Waals surface area contributed by atoms with Crippen LogP contribution in [0.4, 0.5) is 0 Å². The van der Waals surface area contributed by atoms with Gasteiger partial charge in [-0.3, -0.25) is 4.40 Å². The molecular weight excluding hydrogens is 248 g/mol. The van der Waals surface area contributed by atoms with Crippen molar-refractivity contribution < 1.29 is 0 Å². The van der Waals surface area contributed by atoms with Crippen LogP contribution in [0.3, 0.4) is 0 Å². The third-order valence-corrected chi connectivity index (χ3v) is 3.70. The second kappa shape index (κ2) is 3.60. The Morgan fingerprint density at radius 3 is 2.65 bits per heavy atom. The number of rotatable bonds is 0. The Bertz CT molecular complexity index is 937. The Labute approximate surface area is 116 Å². The normalized spacial score (nSPS) is 12.8. The van der Waals surface area contributed by atoms with Gasteiger partial charge in [0.05, 0.1) is 5.69 Å². The van der Waals surface area contributed by atoms with Crippen molar-refractivity contribution in [1.29, 1.82) is 0 Å². The monoisotopic (exact) mass is 264 g/mol. The van der Waals surface area contributed by atoms with Crippen molar-refractivity contribution in [1.82, 2.24) is 19.4 Å². The Kier molecular flexibility index (Phi) is 2.06. The number of nitrogens with zero attached hydrogens (tertiary/aromatic N) is 3. The van der Waals surface area contributed by atoms with Crippen LogP contribution in [0.5, 0.6) is 0 Å². The lowest BCUT2D eigenvalue weighted by Crippen LogP contribution is -2.14. The van der Waals surface area contributed by atoms with Crippen LogP contribution in [0.2, 0.25) is 0 Å². The van der Waals surface area contributed by atoms with Gasteiger partial charge in [-0.25, -0.2) is 9.97 Å². The summed E-state index contributed by atoms with van der Waals surface area (Å²) in [5.41, 5.74) is 4.19. The fourth-order valence-electron chi connectivity index (χ4n) is 2.58. The number of para-hydroxylation sites is 1. The first-order valence-corrected chi connectivity index (χ1v) is 6.80. The Morgan fingerprint density at radius 1 is 1.05 bits per heavy atom. The van der Waals surface area contributed by atoms with E-state index >= 15 is 0 Å². The zero-order valence-corrected chi connectivity index (χ0v) is 11.8. The van der Waals surface area contributed by atoms with Crippen LogP contribution in [0.25, 0.3) is 27.8 Å². The van der Waals surface area contributed by atoms with Crippen molar-refractivity contribution in [3.8, 4) is 0 Å². The summed E-state index contributed by atoms with van der Waals surface area (Å²) >= 11 is 0. The van der Waals surface area contributed by atoms with Crippen LogP contribution in [0, 0.1) is 0 Å². The molecule has 0 saturated heterocycles. The quantitative estimate of drug-likeness (QED) is 0.527. The summed E-state index contributed by atoms with van der Waals surface area (Å²) in [6, 6.07) is 10.3. The Balaban J connectivity index is 2.09. The van der Waals surface area contributed by atoms with E-state index in [9.17, 15) is 0 Å². The second-order valence-electron chi connectivity index (χ2n) is 6.21. The Hall–Kier alpha value is -2.36. The highest BCUT2D eigenvalue weighted by Gasteiger charge is 2.18. The predicted octanol–water partition coefficient (Wildman–Crippen LogP) is 3.66. The lowest BCUT2D eigenvalue weighted by Gasteiger charge is -2.17. The SMILES string of the molecule is CC(C)(C)c1ccn2c(n1)nc1c3ccccc3[nH]c12. The molecule has 0 atom stereocenters. The molecule has 4 rings (SSSR count). The lowest BCUT2D eigenvalue weighted by atomic mass is 9.92. The smallest absolute Gasteiger partial charge is 0.236 e. The molecule has 3 heterocycles. The molecule has 100 valence electrons. The van der Waals surface area contributed by atoms with E-state index in [1.54, 1.807) is 0 Å². The summed E-state index contributed by atoms with van der Waals surface area (Å²) in [7, 11) is 0. The minimum absolute atomic E-state index is 0.0312. The van der Waals surface area contributed by atoms with E-state index in [0.717, 1.165) is 33.5 Å². The highest BCUT2D eigenvalue weighted by molar-refractivity contribution is 6.04. The lowest BCUT2D eigenvalue weighted by molar-refractivity contribution is 0.568. The fourth-order valence-corrected chi connectivity index (χ4v) is 2.58. The zero-order valence-electron chi connectivity index (χ0n) is 11.8. The molecular formula is C16H16N4. The minimum Gasteiger partial charge on any atom is -0.339 e. The third kappa shape index (κ3) is 1.48. The van der Waals surface area contributed by atoms with Crippen LogP contribution >= 0.6 is 0 Å². The van der Waals surface area contributed by atoms with E-state index in [2.05, 4.69) is 44.0 Å². The highest BCUT2D eigenvalue weighted by atomic mass is 15.1. The molecule has 0 aliphatic carbocycles. The number of hydrogen-bond donors (Lipinski definition) is 1. The van der Waals surface area contributed by atoms with Gasteiger partial charge in [-0.05, 0) is 12.1 Å². The summed E-state index contributed by atoms with van der Waals surface area (Å²) in [4.78, 5) is 12.8. The van der Waals surface area contributed by atoms with Crippen molar-refractivity contribution in [2.75, 3.05) is 0 Å². The molecule has 0 spiro atoms. The van der Waals surface area contributed by atoms with Crippen LogP contribution in [-0.4, -0.2) is 19.4 Å². The highest BCUT2D eigenvalue weighted by Crippen LogP contribution is 2.26. The second-order valence-corrected chi connectivity index (χ2v) is 6.21. The molecule has 3 aromatic heterocycles. The minimum atomic E-state index is 0.0312. The molecule has 20 heavy (non-hydrogen) atoms. The molecule has 4 heteroatoms. The van der Waals surface area contributed by atoms with Gasteiger partial charge in [0.1, 0.15) is 11.2 Å². The number of fused-ring (bicyclic) bond motifs is 5. The van der Waals surface area contributed by atoms with Gasteiger partial charge in [0, 0.05) is 22.5 Å². The van der Waals surface area contributed by atoms with E-state index in [0.29, 0.717) is 0 Å². The molecule has 4 nitrogen and oxygen atoms in total. The molecule has 4 aromatic rings. The van der Waals surface area contributed by atoms with E-state index in [-0.39, 0.29) is 5.41 Å². The molecule has 0 aliphatic rings. The molecule has 0 aliphatic heterocycles. The number of imidazole rings is 1. The van der Waals surface area contributed by atoms with Gasteiger partial charge in [-0.15, -0.1) is 0 Å². The maximum atomic E-state index is 4.70. The standard InChI is InChI=1S/C16H16N4/c1-16(2,3)12-8-9-20-14-13(19-15(20)18-12)10-6-4-5-7-11(10)17-14/h4-9,17H,1-3H3. The predicted molar refractivity (Wildman–Crippen MR) is 81.0 cm³/mol. The van der Waals surface area contributed by atoms with Gasteiger partial charge in [-0.2, -0.15) is 0 Å². The van der Waals surface area contributed by atoms with Gasteiger partial charge in [0.15, 0.2) is 0 Å². The molecule has 0 bridgehead atoms. The van der Waals surface area contributed by atoms with Crippen molar-refractivity contribution in [3.63, 3.8) is 0 Å².